The highest BCUT2D eigenvalue weighted by atomic mass is 16.6. The van der Waals surface area contributed by atoms with Gasteiger partial charge in [0.05, 0.1) is 70.1 Å². The Morgan fingerprint density at radius 1 is 0.667 bits per heavy atom. The molecule has 13 heteroatoms. The zero-order chi connectivity index (χ0) is 48.7. The zero-order valence-corrected chi connectivity index (χ0v) is 39.9. The number of fused-ring (bicyclic) bond motifs is 4. The van der Waals surface area contributed by atoms with E-state index >= 15 is 0 Å². The first-order valence-electron chi connectivity index (χ1n) is 23.4. The summed E-state index contributed by atoms with van der Waals surface area (Å²) >= 11 is 0. The standard InChI is InChI=1S/C56H59N3O10/c1-57(2)42-23-25-46-51(36-42)69-52-37-43(58(3)4)24-26-47(52)55(46)54-45(16-10-17-48(54)56(63)64)50(61)19-11-28-65-30-32-67-34-35-68-33-31-66-29-27-44(60)15-9-20-53(62)59-38-41-14-6-5-12-39(41)21-22-40-13-7-8-18-49(40)59/h5-8,10,12-14,16-18,23-26,36-37H,9,11,15,19-20,27-35,38H2,1-4H3/p+1. The summed E-state index contributed by atoms with van der Waals surface area (Å²) in [5.41, 5.74) is 7.04. The Bertz CT molecular complexity index is 2900. The number of carboxylic acids is 1. The number of ether oxygens (including phenoxy) is 4. The molecule has 2 heterocycles. The largest absolute Gasteiger partial charge is 0.478 e. The lowest BCUT2D eigenvalue weighted by atomic mass is 9.85. The van der Waals surface area contributed by atoms with E-state index in [2.05, 4.69) is 11.8 Å². The predicted octanol–water partition coefficient (Wildman–Crippen LogP) is 8.11. The molecule has 0 saturated heterocycles. The number of carbonyl (C=O) groups excluding carboxylic acids is 3. The fraction of sp³-hybridized carbons (Fsp3) is 0.339. The summed E-state index contributed by atoms with van der Waals surface area (Å²) in [4.78, 5) is 56.4. The maximum Gasteiger partial charge on any atom is 0.336 e. The van der Waals surface area contributed by atoms with E-state index < -0.39 is 5.97 Å². The third kappa shape index (κ3) is 13.0. The van der Waals surface area contributed by atoms with Crippen molar-refractivity contribution in [2.24, 2.45) is 0 Å². The van der Waals surface area contributed by atoms with Gasteiger partial charge in [0.1, 0.15) is 31.2 Å². The van der Waals surface area contributed by atoms with E-state index in [-0.39, 0.29) is 48.9 Å². The summed E-state index contributed by atoms with van der Waals surface area (Å²) in [6, 6.07) is 31.9. The number of amides is 1. The minimum Gasteiger partial charge on any atom is -0.478 e. The molecular formula is C56H60N3O10+. The van der Waals surface area contributed by atoms with Gasteiger partial charge in [-0.25, -0.2) is 9.37 Å². The van der Waals surface area contributed by atoms with Crippen LogP contribution in [0.5, 0.6) is 0 Å². The van der Waals surface area contributed by atoms with E-state index in [4.69, 9.17) is 23.4 Å². The summed E-state index contributed by atoms with van der Waals surface area (Å²) in [6.45, 7) is 3.17. The molecule has 0 atom stereocenters. The summed E-state index contributed by atoms with van der Waals surface area (Å²) in [5, 5.41) is 12.0. The molecule has 1 N–H and O–H groups in total. The van der Waals surface area contributed by atoms with Gasteiger partial charge in [0.15, 0.2) is 5.78 Å². The highest BCUT2D eigenvalue weighted by Crippen LogP contribution is 2.44. The van der Waals surface area contributed by atoms with Gasteiger partial charge >= 0.3 is 5.97 Å². The summed E-state index contributed by atoms with van der Waals surface area (Å²) in [7, 11) is 7.76. The molecule has 69 heavy (non-hydrogen) atoms. The van der Waals surface area contributed by atoms with Crippen molar-refractivity contribution in [2.75, 3.05) is 90.8 Å². The molecule has 0 spiro atoms. The molecular weight excluding hydrogens is 875 g/mol. The number of aromatic carboxylic acids is 1. The molecule has 0 bridgehead atoms. The second kappa shape index (κ2) is 24.4. The lowest BCUT2D eigenvalue weighted by molar-refractivity contribution is -0.121. The van der Waals surface area contributed by atoms with E-state index in [1.807, 2.05) is 123 Å². The fourth-order valence-corrected chi connectivity index (χ4v) is 8.25. The normalized spacial score (nSPS) is 11.9. The van der Waals surface area contributed by atoms with E-state index in [0.29, 0.717) is 111 Å². The van der Waals surface area contributed by atoms with Crippen LogP contribution in [0, 0.1) is 11.8 Å². The highest BCUT2D eigenvalue weighted by molar-refractivity contribution is 6.14. The number of hydrogen-bond acceptors (Lipinski definition) is 10. The number of benzene rings is 5. The zero-order valence-electron chi connectivity index (χ0n) is 39.9. The Labute approximate surface area is 403 Å². The molecule has 7 rings (SSSR count). The molecule has 0 aromatic heterocycles. The molecule has 0 saturated carbocycles. The van der Waals surface area contributed by atoms with Gasteiger partial charge in [0.25, 0.3) is 0 Å². The van der Waals surface area contributed by atoms with Crippen molar-refractivity contribution in [1.82, 2.24) is 4.58 Å². The molecule has 1 amide bonds. The number of Topliss-reactive ketones (excluding diaryl/α,β-unsaturated/α-hetero) is 2. The minimum atomic E-state index is -1.13. The van der Waals surface area contributed by atoms with E-state index in [1.54, 1.807) is 17.0 Å². The van der Waals surface area contributed by atoms with E-state index in [9.17, 15) is 24.3 Å². The highest BCUT2D eigenvalue weighted by Gasteiger charge is 2.27. The Hall–Kier alpha value is -6.95. The molecule has 1 aliphatic carbocycles. The number of nitrogens with zero attached hydrogens (tertiary/aromatic N) is 3. The van der Waals surface area contributed by atoms with Crippen molar-refractivity contribution < 1.29 is 47.6 Å². The molecule has 358 valence electrons. The number of anilines is 2. The van der Waals surface area contributed by atoms with Crippen LogP contribution in [0.15, 0.2) is 108 Å². The first-order valence-corrected chi connectivity index (χ1v) is 23.4. The average molecular weight is 935 g/mol. The van der Waals surface area contributed by atoms with Crippen LogP contribution in [0.2, 0.25) is 0 Å². The van der Waals surface area contributed by atoms with Crippen molar-refractivity contribution in [1.29, 1.82) is 0 Å². The van der Waals surface area contributed by atoms with Gasteiger partial charge < -0.3 is 38.3 Å². The number of para-hydroxylation sites is 1. The number of carbonyl (C=O) groups is 4. The van der Waals surface area contributed by atoms with Crippen LogP contribution in [-0.2, 0) is 35.1 Å². The van der Waals surface area contributed by atoms with Crippen molar-refractivity contribution in [3.8, 4) is 34.3 Å². The average Bonchev–Trinajstić information content (AvgIpc) is 3.34. The molecule has 4 aromatic rings. The van der Waals surface area contributed by atoms with Crippen LogP contribution >= 0.6 is 0 Å². The van der Waals surface area contributed by atoms with Gasteiger partial charge in [-0.1, -0.05) is 54.3 Å². The molecule has 2 aliphatic heterocycles. The van der Waals surface area contributed by atoms with Crippen molar-refractivity contribution >= 4 is 45.8 Å². The molecule has 13 nitrogen and oxygen atoms in total. The molecule has 4 aromatic carbocycles. The number of rotatable bonds is 24. The van der Waals surface area contributed by atoms with Gasteiger partial charge in [0.2, 0.25) is 11.3 Å². The third-order valence-electron chi connectivity index (χ3n) is 11.9. The smallest absolute Gasteiger partial charge is 0.336 e. The first-order chi connectivity index (χ1) is 33.5. The van der Waals surface area contributed by atoms with Crippen molar-refractivity contribution in [3.05, 3.63) is 136 Å². The Balaban J connectivity index is 0.781. The lowest BCUT2D eigenvalue weighted by Crippen LogP contribution is -2.31. The van der Waals surface area contributed by atoms with Gasteiger partial charge in [0, 0.05) is 103 Å². The van der Waals surface area contributed by atoms with Crippen LogP contribution < -0.4 is 19.7 Å². The van der Waals surface area contributed by atoms with Gasteiger partial charge in [-0.3, -0.25) is 14.4 Å². The van der Waals surface area contributed by atoms with E-state index in [1.165, 1.54) is 6.07 Å². The van der Waals surface area contributed by atoms with Crippen LogP contribution in [0.25, 0.3) is 33.4 Å². The first kappa shape index (κ1) is 49.9. The SMILES string of the molecule is CN(C)c1ccc2c(-c3c(C(=O)O)cccc3C(=O)CCCOCCOCCOCCOCCC(=O)CCCC(=O)N3Cc4ccccc4C#Cc4ccccc43)c3ccc(=[N+](C)C)cc-3oc2c1. The third-order valence-corrected chi connectivity index (χ3v) is 11.9. The fourth-order valence-electron chi connectivity index (χ4n) is 8.25. The minimum absolute atomic E-state index is 0.0348. The maximum atomic E-state index is 13.9. The predicted molar refractivity (Wildman–Crippen MR) is 267 cm³/mol. The lowest BCUT2D eigenvalue weighted by Gasteiger charge is -2.26. The van der Waals surface area contributed by atoms with Gasteiger partial charge in [-0.2, -0.15) is 0 Å². The number of hydrogen-bond donors (Lipinski definition) is 1. The van der Waals surface area contributed by atoms with Crippen molar-refractivity contribution in [3.63, 3.8) is 0 Å². The number of ketones is 2. The Kier molecular flexibility index (Phi) is 17.6. The summed E-state index contributed by atoms with van der Waals surface area (Å²) in [5.74, 6) is 5.72. The molecule has 0 radical (unpaired) electrons. The van der Waals surface area contributed by atoms with Crippen LogP contribution in [0.4, 0.5) is 11.4 Å². The van der Waals surface area contributed by atoms with Gasteiger partial charge in [-0.05, 0) is 60.9 Å². The summed E-state index contributed by atoms with van der Waals surface area (Å²) in [6.07, 6.45) is 1.90. The summed E-state index contributed by atoms with van der Waals surface area (Å²) < 4.78 is 31.0. The molecule has 3 aliphatic rings. The Morgan fingerprint density at radius 3 is 2.06 bits per heavy atom. The molecule has 0 unspecified atom stereocenters. The van der Waals surface area contributed by atoms with Crippen molar-refractivity contribution in [2.45, 2.75) is 45.1 Å². The number of carboxylic acid groups (broad SMARTS) is 1. The Morgan fingerprint density at radius 2 is 1.33 bits per heavy atom. The van der Waals surface area contributed by atoms with Crippen LogP contribution in [-0.4, -0.2) is 110 Å². The second-order valence-corrected chi connectivity index (χ2v) is 17.2. The van der Waals surface area contributed by atoms with E-state index in [0.717, 1.165) is 33.4 Å². The topological polar surface area (TPSA) is 148 Å². The maximum absolute atomic E-state index is 13.9. The second-order valence-electron chi connectivity index (χ2n) is 17.2. The monoisotopic (exact) mass is 934 g/mol. The van der Waals surface area contributed by atoms with Crippen LogP contribution in [0.1, 0.15) is 75.9 Å². The van der Waals surface area contributed by atoms with Gasteiger partial charge in [-0.15, -0.1) is 0 Å². The van der Waals surface area contributed by atoms with Crippen LogP contribution in [0.3, 0.4) is 0 Å². The molecule has 0 fully saturated rings. The quantitative estimate of drug-likeness (QED) is 0.0206.